The van der Waals surface area contributed by atoms with Gasteiger partial charge in [0.25, 0.3) is 11.5 Å². The fourth-order valence-electron chi connectivity index (χ4n) is 4.58. The molecule has 1 unspecified atom stereocenters. The lowest BCUT2D eigenvalue weighted by molar-refractivity contribution is 0.0630. The number of nitrogens with zero attached hydrogens (tertiary/aromatic N) is 3. The van der Waals surface area contributed by atoms with Gasteiger partial charge in [-0.2, -0.15) is 0 Å². The molecule has 186 valence electrons. The molecule has 0 radical (unpaired) electrons. The molecule has 0 aliphatic heterocycles. The second kappa shape index (κ2) is 10.9. The van der Waals surface area contributed by atoms with E-state index in [4.69, 9.17) is 4.98 Å². The summed E-state index contributed by atoms with van der Waals surface area (Å²) in [5, 5.41) is 0.516. The SMILES string of the molecule is CCc1ccc(-n2c(C(CC)N(CC(C)C)C(=O)c3cccc(F)c3)nc3ccccc3c2=O)cc1. The van der Waals surface area contributed by atoms with Crippen molar-refractivity contribution in [2.24, 2.45) is 5.92 Å². The summed E-state index contributed by atoms with van der Waals surface area (Å²) in [5.41, 5.74) is 2.54. The van der Waals surface area contributed by atoms with E-state index in [0.29, 0.717) is 35.4 Å². The van der Waals surface area contributed by atoms with E-state index < -0.39 is 11.9 Å². The number of fused-ring (bicyclic) bond motifs is 1. The number of carbonyl (C=O) groups excluding carboxylic acids is 1. The average molecular weight is 486 g/mol. The molecule has 5 nitrogen and oxygen atoms in total. The summed E-state index contributed by atoms with van der Waals surface area (Å²) in [7, 11) is 0. The highest BCUT2D eigenvalue weighted by molar-refractivity contribution is 5.94. The largest absolute Gasteiger partial charge is 0.328 e. The zero-order valence-electron chi connectivity index (χ0n) is 21.2. The van der Waals surface area contributed by atoms with Gasteiger partial charge in [0, 0.05) is 12.1 Å². The van der Waals surface area contributed by atoms with Gasteiger partial charge in [0.15, 0.2) is 0 Å². The average Bonchev–Trinajstić information content (AvgIpc) is 2.88. The topological polar surface area (TPSA) is 55.2 Å². The summed E-state index contributed by atoms with van der Waals surface area (Å²) < 4.78 is 15.6. The van der Waals surface area contributed by atoms with Crippen LogP contribution in [0.25, 0.3) is 16.6 Å². The summed E-state index contributed by atoms with van der Waals surface area (Å²) in [6.07, 6.45) is 1.42. The first-order valence-corrected chi connectivity index (χ1v) is 12.5. The molecule has 6 heteroatoms. The Kier molecular flexibility index (Phi) is 7.63. The Hall–Kier alpha value is -3.80. The standard InChI is InChI=1S/C30H32FN3O2/c1-5-21-14-16-24(17-15-21)34-28(32-26-13-8-7-12-25(26)30(34)36)27(6-2)33(19-20(3)4)29(35)22-10-9-11-23(31)18-22/h7-18,20,27H,5-6,19H2,1-4H3. The molecule has 0 aliphatic carbocycles. The first kappa shape index (κ1) is 25.3. The van der Waals surface area contributed by atoms with E-state index in [1.54, 1.807) is 21.6 Å². The smallest absolute Gasteiger partial charge is 0.266 e. The molecule has 0 spiro atoms. The molecule has 0 bridgehead atoms. The van der Waals surface area contributed by atoms with E-state index in [1.165, 1.54) is 18.2 Å². The van der Waals surface area contributed by atoms with Crippen LogP contribution in [0.5, 0.6) is 0 Å². The van der Waals surface area contributed by atoms with Gasteiger partial charge in [-0.3, -0.25) is 14.2 Å². The van der Waals surface area contributed by atoms with Crippen LogP contribution in [0.2, 0.25) is 0 Å². The summed E-state index contributed by atoms with van der Waals surface area (Å²) in [4.78, 5) is 34.2. The normalized spacial score (nSPS) is 12.2. The quantitative estimate of drug-likeness (QED) is 0.293. The highest BCUT2D eigenvalue weighted by atomic mass is 19.1. The summed E-state index contributed by atoms with van der Waals surface area (Å²) in [6, 6.07) is 20.4. The predicted octanol–water partition coefficient (Wildman–Crippen LogP) is 6.34. The van der Waals surface area contributed by atoms with Crippen LogP contribution >= 0.6 is 0 Å². The van der Waals surface area contributed by atoms with Gasteiger partial charge in [0.2, 0.25) is 0 Å². The zero-order chi connectivity index (χ0) is 25.8. The second-order valence-corrected chi connectivity index (χ2v) is 9.43. The Bertz CT molecular complexity index is 1430. The molecule has 0 N–H and O–H groups in total. The van der Waals surface area contributed by atoms with Gasteiger partial charge in [-0.1, -0.05) is 58.0 Å². The number of benzene rings is 3. The fourth-order valence-corrected chi connectivity index (χ4v) is 4.58. The number of aromatic nitrogens is 2. The minimum absolute atomic E-state index is 0.154. The number of rotatable bonds is 8. The van der Waals surface area contributed by atoms with Crippen molar-refractivity contribution in [3.05, 3.63) is 106 Å². The van der Waals surface area contributed by atoms with Gasteiger partial charge in [-0.05, 0) is 66.8 Å². The van der Waals surface area contributed by atoms with Crippen molar-refractivity contribution in [3.63, 3.8) is 0 Å². The highest BCUT2D eigenvalue weighted by Crippen LogP contribution is 2.28. The number of amides is 1. The maximum absolute atomic E-state index is 14.0. The van der Waals surface area contributed by atoms with Crippen LogP contribution in [-0.4, -0.2) is 26.9 Å². The Balaban J connectivity index is 1.95. The van der Waals surface area contributed by atoms with Crippen molar-refractivity contribution in [1.82, 2.24) is 14.5 Å². The Morgan fingerprint density at radius 2 is 1.72 bits per heavy atom. The van der Waals surface area contributed by atoms with E-state index in [9.17, 15) is 14.0 Å². The van der Waals surface area contributed by atoms with Crippen molar-refractivity contribution in [2.45, 2.75) is 46.6 Å². The molecule has 1 atom stereocenters. The number of para-hydroxylation sites is 1. The number of halogens is 1. The Morgan fingerprint density at radius 1 is 1.00 bits per heavy atom. The van der Waals surface area contributed by atoms with Gasteiger partial charge in [0.05, 0.1) is 22.6 Å². The van der Waals surface area contributed by atoms with Crippen LogP contribution in [0, 0.1) is 11.7 Å². The Morgan fingerprint density at radius 3 is 2.36 bits per heavy atom. The van der Waals surface area contributed by atoms with Gasteiger partial charge < -0.3 is 4.90 Å². The molecule has 0 saturated carbocycles. The highest BCUT2D eigenvalue weighted by Gasteiger charge is 2.30. The maximum atomic E-state index is 14.0. The van der Waals surface area contributed by atoms with E-state index in [1.807, 2.05) is 63.2 Å². The van der Waals surface area contributed by atoms with Crippen LogP contribution in [-0.2, 0) is 6.42 Å². The molecule has 1 heterocycles. The third-order valence-corrected chi connectivity index (χ3v) is 6.36. The maximum Gasteiger partial charge on any atom is 0.266 e. The molecule has 1 aromatic heterocycles. The lowest BCUT2D eigenvalue weighted by atomic mass is 10.0. The van der Waals surface area contributed by atoms with Gasteiger partial charge in [-0.25, -0.2) is 9.37 Å². The van der Waals surface area contributed by atoms with Crippen molar-refractivity contribution in [3.8, 4) is 5.69 Å². The molecule has 4 aromatic rings. The number of hydrogen-bond donors (Lipinski definition) is 0. The van der Waals surface area contributed by atoms with E-state index in [-0.39, 0.29) is 22.9 Å². The van der Waals surface area contributed by atoms with Crippen LogP contribution in [0.3, 0.4) is 0 Å². The Labute approximate surface area is 211 Å². The predicted molar refractivity (Wildman–Crippen MR) is 142 cm³/mol. The van der Waals surface area contributed by atoms with Crippen LogP contribution in [0.4, 0.5) is 4.39 Å². The fraction of sp³-hybridized carbons (Fsp3) is 0.300. The molecular formula is C30H32FN3O2. The minimum Gasteiger partial charge on any atom is -0.328 e. The van der Waals surface area contributed by atoms with Crippen molar-refractivity contribution >= 4 is 16.8 Å². The second-order valence-electron chi connectivity index (χ2n) is 9.43. The van der Waals surface area contributed by atoms with Crippen molar-refractivity contribution < 1.29 is 9.18 Å². The molecular weight excluding hydrogens is 453 g/mol. The molecule has 0 aliphatic rings. The van der Waals surface area contributed by atoms with Gasteiger partial charge in [-0.15, -0.1) is 0 Å². The van der Waals surface area contributed by atoms with E-state index in [0.717, 1.165) is 12.0 Å². The summed E-state index contributed by atoms with van der Waals surface area (Å²) >= 11 is 0. The van der Waals surface area contributed by atoms with Crippen LogP contribution in [0.15, 0.2) is 77.6 Å². The third-order valence-electron chi connectivity index (χ3n) is 6.36. The van der Waals surface area contributed by atoms with Crippen LogP contribution < -0.4 is 5.56 Å². The number of aryl methyl sites for hydroxylation is 1. The number of hydrogen-bond acceptors (Lipinski definition) is 3. The first-order chi connectivity index (χ1) is 17.3. The lowest BCUT2D eigenvalue weighted by Gasteiger charge is -2.33. The van der Waals surface area contributed by atoms with Crippen LogP contribution in [0.1, 0.15) is 61.9 Å². The molecule has 36 heavy (non-hydrogen) atoms. The summed E-state index contributed by atoms with van der Waals surface area (Å²) in [6.45, 7) is 8.55. The van der Waals surface area contributed by atoms with E-state index in [2.05, 4.69) is 6.92 Å². The third kappa shape index (κ3) is 5.08. The lowest BCUT2D eigenvalue weighted by Crippen LogP contribution is -2.40. The first-order valence-electron chi connectivity index (χ1n) is 12.5. The molecule has 0 saturated heterocycles. The summed E-state index contributed by atoms with van der Waals surface area (Å²) in [5.74, 6) is -0.0997. The molecule has 4 rings (SSSR count). The van der Waals surface area contributed by atoms with Gasteiger partial charge in [0.1, 0.15) is 11.6 Å². The van der Waals surface area contributed by atoms with Crippen molar-refractivity contribution in [2.75, 3.05) is 6.54 Å². The number of carbonyl (C=O) groups is 1. The monoisotopic (exact) mass is 485 g/mol. The van der Waals surface area contributed by atoms with Gasteiger partial charge >= 0.3 is 0 Å². The van der Waals surface area contributed by atoms with Crippen molar-refractivity contribution in [1.29, 1.82) is 0 Å². The molecule has 0 fully saturated rings. The molecule has 3 aromatic carbocycles. The molecule has 1 amide bonds. The van der Waals surface area contributed by atoms with E-state index >= 15 is 0 Å². The minimum atomic E-state index is -0.494. The zero-order valence-corrected chi connectivity index (χ0v) is 21.2.